The summed E-state index contributed by atoms with van der Waals surface area (Å²) in [6, 6.07) is 7.81. The van der Waals surface area contributed by atoms with Crippen LogP contribution in [0.5, 0.6) is 5.75 Å². The van der Waals surface area contributed by atoms with Gasteiger partial charge in [-0.1, -0.05) is 12.1 Å². The number of carbonyl (C=O) groups is 1. The first kappa shape index (κ1) is 16.1. The number of hydrogen-bond donors (Lipinski definition) is 2. The second-order valence-corrected chi connectivity index (χ2v) is 6.32. The van der Waals surface area contributed by atoms with Crippen LogP contribution in [0.25, 0.3) is 0 Å². The lowest BCUT2D eigenvalue weighted by atomic mass is 10.2. The fraction of sp³-hybridized carbons (Fsp3) is 0.533. The van der Waals surface area contributed by atoms with Gasteiger partial charge in [0.05, 0.1) is 6.04 Å². The Kier molecular flexibility index (Phi) is 6.35. The Morgan fingerprint density at radius 3 is 3.10 bits per heavy atom. The zero-order chi connectivity index (χ0) is 15.1. The molecule has 1 aliphatic rings. The van der Waals surface area contributed by atoms with Crippen LogP contribution in [0, 0.1) is 0 Å². The van der Waals surface area contributed by atoms with Gasteiger partial charge in [0.15, 0.2) is 0 Å². The van der Waals surface area contributed by atoms with Crippen molar-refractivity contribution in [2.75, 3.05) is 38.9 Å². The van der Waals surface area contributed by atoms with Crippen LogP contribution in [0.2, 0.25) is 0 Å². The van der Waals surface area contributed by atoms with E-state index >= 15 is 0 Å². The van der Waals surface area contributed by atoms with Crippen LogP contribution in [-0.4, -0.2) is 55.7 Å². The summed E-state index contributed by atoms with van der Waals surface area (Å²) in [5.74, 6) is 2.62. The van der Waals surface area contributed by atoms with E-state index in [2.05, 4.69) is 15.5 Å². The highest BCUT2D eigenvalue weighted by molar-refractivity contribution is 7.99. The minimum atomic E-state index is -0.0606. The summed E-state index contributed by atoms with van der Waals surface area (Å²) < 4.78 is 5.69. The molecule has 2 N–H and O–H groups in total. The van der Waals surface area contributed by atoms with Crippen molar-refractivity contribution in [2.24, 2.45) is 0 Å². The van der Waals surface area contributed by atoms with Gasteiger partial charge in [0.2, 0.25) is 5.91 Å². The molecule has 1 fully saturated rings. The second-order valence-electron chi connectivity index (χ2n) is 5.29. The first-order chi connectivity index (χ1) is 10.1. The average Bonchev–Trinajstić information content (AvgIpc) is 2.99. The molecule has 5 nitrogen and oxygen atoms in total. The molecule has 1 aliphatic heterocycles. The smallest absolute Gasteiger partial charge is 0.238 e. The highest BCUT2D eigenvalue weighted by Gasteiger charge is 2.21. The number of amides is 1. The molecule has 1 aromatic carbocycles. The van der Waals surface area contributed by atoms with Crippen molar-refractivity contribution in [1.29, 1.82) is 0 Å². The lowest BCUT2D eigenvalue weighted by Gasteiger charge is -2.13. The molecule has 1 heterocycles. The molecule has 1 atom stereocenters. The monoisotopic (exact) mass is 309 g/mol. The Morgan fingerprint density at radius 1 is 1.52 bits per heavy atom. The van der Waals surface area contributed by atoms with Gasteiger partial charge < -0.3 is 15.0 Å². The van der Waals surface area contributed by atoms with Crippen molar-refractivity contribution in [3.63, 3.8) is 0 Å². The van der Waals surface area contributed by atoms with E-state index in [-0.39, 0.29) is 11.9 Å². The fourth-order valence-corrected chi connectivity index (χ4v) is 2.91. The number of nitrogens with zero attached hydrogens (tertiary/aromatic N) is 1. The van der Waals surface area contributed by atoms with Crippen molar-refractivity contribution in [3.8, 4) is 5.75 Å². The van der Waals surface area contributed by atoms with Crippen LogP contribution in [0.3, 0.4) is 0 Å². The molecule has 6 heteroatoms. The van der Waals surface area contributed by atoms with Gasteiger partial charge in [-0.05, 0) is 31.8 Å². The van der Waals surface area contributed by atoms with Gasteiger partial charge in [0.25, 0.3) is 0 Å². The molecule has 0 spiro atoms. The first-order valence-electron chi connectivity index (χ1n) is 7.10. The number of thioether (sulfide) groups is 1. The van der Waals surface area contributed by atoms with Gasteiger partial charge in [-0.15, -0.1) is 11.8 Å². The predicted octanol–water partition coefficient (Wildman–Crippen LogP) is 0.906. The highest BCUT2D eigenvalue weighted by Crippen LogP contribution is 2.14. The summed E-state index contributed by atoms with van der Waals surface area (Å²) in [4.78, 5) is 14.0. The van der Waals surface area contributed by atoms with Gasteiger partial charge in [-0.25, -0.2) is 0 Å². The van der Waals surface area contributed by atoms with Crippen LogP contribution in [-0.2, 0) is 11.3 Å². The fourth-order valence-electron chi connectivity index (χ4n) is 1.97. The molecule has 0 bridgehead atoms. The summed E-state index contributed by atoms with van der Waals surface area (Å²) in [6.07, 6.45) is 0. The van der Waals surface area contributed by atoms with E-state index in [1.54, 1.807) is 11.8 Å². The van der Waals surface area contributed by atoms with Gasteiger partial charge in [0.1, 0.15) is 12.4 Å². The lowest BCUT2D eigenvalue weighted by Crippen LogP contribution is -2.41. The Hall–Kier alpha value is -1.24. The van der Waals surface area contributed by atoms with Gasteiger partial charge >= 0.3 is 0 Å². The van der Waals surface area contributed by atoms with Crippen molar-refractivity contribution in [2.45, 2.75) is 12.6 Å². The number of nitrogens with one attached hydrogen (secondary N) is 2. The van der Waals surface area contributed by atoms with Crippen molar-refractivity contribution < 1.29 is 9.53 Å². The molecule has 0 radical (unpaired) electrons. The predicted molar refractivity (Wildman–Crippen MR) is 86.6 cm³/mol. The third-order valence-electron chi connectivity index (χ3n) is 3.21. The van der Waals surface area contributed by atoms with E-state index in [1.807, 2.05) is 38.4 Å². The third kappa shape index (κ3) is 5.57. The van der Waals surface area contributed by atoms with Gasteiger partial charge in [0, 0.05) is 24.7 Å². The van der Waals surface area contributed by atoms with Gasteiger partial charge in [-0.3, -0.25) is 10.1 Å². The normalized spacial score (nSPS) is 18.0. The number of benzene rings is 1. The van der Waals surface area contributed by atoms with Crippen LogP contribution in [0.4, 0.5) is 0 Å². The first-order valence-corrected chi connectivity index (χ1v) is 8.26. The number of ether oxygens (including phenoxy) is 1. The maximum atomic E-state index is 11.9. The summed E-state index contributed by atoms with van der Waals surface area (Å²) in [7, 11) is 4.04. The lowest BCUT2D eigenvalue weighted by molar-refractivity contribution is -0.122. The summed E-state index contributed by atoms with van der Waals surface area (Å²) in [5, 5.41) is 6.13. The number of carbonyl (C=O) groups excluding carboxylic acids is 1. The van der Waals surface area contributed by atoms with E-state index in [9.17, 15) is 4.79 Å². The second kappa shape index (κ2) is 8.26. The maximum absolute atomic E-state index is 11.9. The Morgan fingerprint density at radius 2 is 2.38 bits per heavy atom. The Balaban J connectivity index is 1.78. The quantitative estimate of drug-likeness (QED) is 0.784. The molecule has 1 saturated heterocycles. The molecular formula is C15H23N3O2S. The molecule has 0 aromatic heterocycles. The topological polar surface area (TPSA) is 53.6 Å². The number of likely N-dealkylation sites (N-methyl/N-ethyl adjacent to an activating group) is 1. The van der Waals surface area contributed by atoms with Crippen molar-refractivity contribution >= 4 is 17.7 Å². The van der Waals surface area contributed by atoms with Crippen LogP contribution in [0.15, 0.2) is 24.3 Å². The Labute approximate surface area is 130 Å². The molecule has 1 aromatic rings. The average molecular weight is 309 g/mol. The maximum Gasteiger partial charge on any atom is 0.238 e. The van der Waals surface area contributed by atoms with Crippen LogP contribution < -0.4 is 15.4 Å². The zero-order valence-electron chi connectivity index (χ0n) is 12.6. The Bertz CT molecular complexity index is 462. The molecule has 0 aliphatic carbocycles. The minimum absolute atomic E-state index is 0.0606. The molecule has 1 unspecified atom stereocenters. The van der Waals surface area contributed by atoms with Gasteiger partial charge in [-0.2, -0.15) is 0 Å². The molecular weight excluding hydrogens is 286 g/mol. The largest absolute Gasteiger partial charge is 0.492 e. The van der Waals surface area contributed by atoms with Crippen LogP contribution in [0.1, 0.15) is 5.56 Å². The minimum Gasteiger partial charge on any atom is -0.492 e. The molecule has 0 saturated carbocycles. The van der Waals surface area contributed by atoms with E-state index in [0.29, 0.717) is 13.2 Å². The molecule has 1 amide bonds. The summed E-state index contributed by atoms with van der Waals surface area (Å²) in [6.45, 7) is 2.07. The number of hydrogen-bond acceptors (Lipinski definition) is 5. The van der Waals surface area contributed by atoms with Crippen molar-refractivity contribution in [3.05, 3.63) is 29.8 Å². The SMILES string of the molecule is CN(C)CCOc1cccc(CNC(=O)C2CSCN2)c1. The molecule has 21 heavy (non-hydrogen) atoms. The standard InChI is InChI=1S/C15H23N3O2S/c1-18(2)6-7-20-13-5-3-4-12(8-13)9-16-15(19)14-10-21-11-17-14/h3-5,8,14,17H,6-7,9-11H2,1-2H3,(H,16,19). The van der Waals surface area contributed by atoms with Crippen molar-refractivity contribution in [1.82, 2.24) is 15.5 Å². The van der Waals surface area contributed by atoms with E-state index < -0.39 is 0 Å². The van der Waals surface area contributed by atoms with E-state index in [4.69, 9.17) is 4.74 Å². The highest BCUT2D eigenvalue weighted by atomic mass is 32.2. The summed E-state index contributed by atoms with van der Waals surface area (Å²) in [5.41, 5.74) is 1.05. The molecule has 2 rings (SSSR count). The molecule has 116 valence electrons. The summed E-state index contributed by atoms with van der Waals surface area (Å²) >= 11 is 1.75. The number of rotatable bonds is 7. The third-order valence-corrected chi connectivity index (χ3v) is 4.15. The van der Waals surface area contributed by atoms with E-state index in [0.717, 1.165) is 29.5 Å². The van der Waals surface area contributed by atoms with Crippen LogP contribution >= 0.6 is 11.8 Å². The van der Waals surface area contributed by atoms with E-state index in [1.165, 1.54) is 0 Å². The zero-order valence-corrected chi connectivity index (χ0v) is 13.4.